The van der Waals surface area contributed by atoms with Gasteiger partial charge >= 0.3 is 23.9 Å². The minimum atomic E-state index is -2.23. The number of hydrogen-bond acceptors (Lipinski definition) is 12. The van der Waals surface area contributed by atoms with Crippen molar-refractivity contribution in [1.29, 1.82) is 0 Å². The third kappa shape index (κ3) is 6.93. The Hall–Kier alpha value is -5.66. The zero-order valence-electron chi connectivity index (χ0n) is 36.4. The lowest BCUT2D eigenvalue weighted by atomic mass is 9.37. The molecule has 62 heavy (non-hydrogen) atoms. The fourth-order valence-corrected chi connectivity index (χ4v) is 11.0. The predicted molar refractivity (Wildman–Crippen MR) is 224 cm³/mol. The molecule has 3 aliphatic carbocycles. The van der Waals surface area contributed by atoms with E-state index in [-0.39, 0.29) is 37.0 Å². The largest absolute Gasteiger partial charge is 0.458 e. The van der Waals surface area contributed by atoms with Crippen LogP contribution in [0, 0.1) is 22.2 Å². The smallest absolute Gasteiger partial charge is 0.338 e. The van der Waals surface area contributed by atoms with Crippen molar-refractivity contribution in [3.8, 4) is 0 Å². The van der Waals surface area contributed by atoms with Crippen molar-refractivity contribution in [3.05, 3.63) is 119 Å². The van der Waals surface area contributed by atoms with Gasteiger partial charge < -0.3 is 34.1 Å². The molecule has 3 fully saturated rings. The molecule has 1 saturated heterocycles. The summed E-state index contributed by atoms with van der Waals surface area (Å²) in [7, 11) is 0. The van der Waals surface area contributed by atoms with Gasteiger partial charge in [-0.1, -0.05) is 101 Å². The number of carbonyl (C=O) groups is 6. The lowest BCUT2D eigenvalue weighted by molar-refractivity contribution is -0.375. The number of Topliss-reactive ketones (excluding diaryl/α,β-unsaturated/α-hetero) is 1. The van der Waals surface area contributed by atoms with Crippen LogP contribution in [-0.4, -0.2) is 82.9 Å². The van der Waals surface area contributed by atoms with Gasteiger partial charge in [-0.2, -0.15) is 0 Å². The van der Waals surface area contributed by atoms with Gasteiger partial charge in [0.1, 0.15) is 23.9 Å². The molecule has 0 aromatic heterocycles. The van der Waals surface area contributed by atoms with Crippen LogP contribution in [0.1, 0.15) is 107 Å². The van der Waals surface area contributed by atoms with Crippen LogP contribution < -0.4 is 5.32 Å². The van der Waals surface area contributed by atoms with Gasteiger partial charge in [-0.3, -0.25) is 24.0 Å². The zero-order valence-corrected chi connectivity index (χ0v) is 36.4. The number of ketones is 1. The van der Waals surface area contributed by atoms with Crippen LogP contribution >= 0.6 is 0 Å². The first-order chi connectivity index (χ1) is 29.2. The van der Waals surface area contributed by atoms with E-state index in [4.69, 9.17) is 23.7 Å². The molecule has 328 valence electrons. The Labute approximate surface area is 361 Å². The molecule has 10 atom stereocenters. The lowest BCUT2D eigenvalue weighted by Crippen LogP contribution is -2.85. The summed E-state index contributed by atoms with van der Waals surface area (Å²) >= 11 is 0. The van der Waals surface area contributed by atoms with Crippen molar-refractivity contribution in [2.24, 2.45) is 22.2 Å². The zero-order chi connectivity index (χ0) is 45.0. The molecule has 1 amide bonds. The molecule has 0 radical (unpaired) electrons. The SMILES string of the molecule is CC(=O)OC1C(=O)[C@@]2(C)C(C)CC3OCC3(OC(C)=O)C2(C)C(OC(=O)c2ccccc2)C2(O)CC(OC(=O)C[C@H](NC(=O)c3ccccc3)c3ccccc3)C(C)=C1C2(C)C. The highest BCUT2D eigenvalue weighted by Crippen LogP contribution is 2.71. The fraction of sp³-hybridized carbons (Fsp3) is 0.469. The molecule has 2 bridgehead atoms. The third-order valence-electron chi connectivity index (χ3n) is 14.7. The van der Waals surface area contributed by atoms with E-state index in [0.29, 0.717) is 16.7 Å². The Morgan fingerprint density at radius 2 is 1.40 bits per heavy atom. The maximum absolute atomic E-state index is 15.8. The monoisotopic (exact) mass is 849 g/mol. The minimum Gasteiger partial charge on any atom is -0.458 e. The first kappa shape index (κ1) is 44.4. The summed E-state index contributed by atoms with van der Waals surface area (Å²) in [6, 6.07) is 24.8. The molecule has 8 unspecified atom stereocenters. The number of benzene rings is 3. The van der Waals surface area contributed by atoms with Crippen molar-refractivity contribution in [2.75, 3.05) is 6.61 Å². The van der Waals surface area contributed by atoms with Crippen molar-refractivity contribution in [2.45, 2.75) is 116 Å². The standard InChI is InChI=1S/C49H55NO12/c1-28-24-37-49(27-58-37,62-31(4)52)47(8)44(61-43(56)34-22-16-11-17-23-34)48(57)26-36(29(2)39(45(48,5)6)40(59-30(3)51)41(54)46(28,47)7)60-38(53)25-35(32-18-12-9-13-19-32)50-42(55)33-20-14-10-15-21-33/h9-23,28,35-37,40,44,57H,24-27H2,1-8H3,(H,50,55)/t28?,35-,36?,37?,40?,44?,46+,47?,48?,49?/m0/s1. The molecule has 4 aliphatic rings. The highest BCUT2D eigenvalue weighted by atomic mass is 16.6. The summed E-state index contributed by atoms with van der Waals surface area (Å²) in [4.78, 5) is 84.4. The van der Waals surface area contributed by atoms with E-state index >= 15 is 4.79 Å². The number of hydrogen-bond donors (Lipinski definition) is 2. The number of carbonyl (C=O) groups excluding carboxylic acids is 6. The van der Waals surface area contributed by atoms with E-state index in [2.05, 4.69) is 5.32 Å². The maximum atomic E-state index is 15.8. The highest BCUT2D eigenvalue weighted by Gasteiger charge is 2.83. The Bertz CT molecular complexity index is 2290. The van der Waals surface area contributed by atoms with Crippen LogP contribution in [0.4, 0.5) is 0 Å². The van der Waals surface area contributed by atoms with Gasteiger partial charge in [0.05, 0.1) is 30.0 Å². The number of aliphatic hydroxyl groups is 1. The molecule has 7 rings (SSSR count). The Morgan fingerprint density at radius 1 is 0.823 bits per heavy atom. The van der Waals surface area contributed by atoms with E-state index in [1.165, 1.54) is 13.8 Å². The van der Waals surface area contributed by atoms with Gasteiger partial charge in [0.15, 0.2) is 17.5 Å². The molecule has 1 heterocycles. The summed E-state index contributed by atoms with van der Waals surface area (Å²) < 4.78 is 31.4. The number of fused-ring (bicyclic) bond motifs is 5. The first-order valence-corrected chi connectivity index (χ1v) is 21.1. The Kier molecular flexibility index (Phi) is 11.6. The van der Waals surface area contributed by atoms with E-state index in [9.17, 15) is 29.1 Å². The molecule has 13 heteroatoms. The lowest BCUT2D eigenvalue weighted by Gasteiger charge is -2.72. The second kappa shape index (κ2) is 16.2. The molecule has 13 nitrogen and oxygen atoms in total. The molecular formula is C49H55NO12. The van der Waals surface area contributed by atoms with Gasteiger partial charge in [0.2, 0.25) is 0 Å². The van der Waals surface area contributed by atoms with Gasteiger partial charge in [-0.05, 0) is 60.2 Å². The van der Waals surface area contributed by atoms with Crippen LogP contribution in [0.2, 0.25) is 0 Å². The average molecular weight is 850 g/mol. The Balaban J connectivity index is 1.40. The Morgan fingerprint density at radius 3 is 1.95 bits per heavy atom. The van der Waals surface area contributed by atoms with E-state index in [1.807, 2.05) is 13.0 Å². The number of nitrogens with one attached hydrogen (secondary N) is 1. The molecule has 3 aromatic rings. The second-order valence-electron chi connectivity index (χ2n) is 18.2. The van der Waals surface area contributed by atoms with Crippen LogP contribution in [0.5, 0.6) is 0 Å². The number of rotatable bonds is 10. The van der Waals surface area contributed by atoms with Crippen LogP contribution in [0.3, 0.4) is 0 Å². The van der Waals surface area contributed by atoms with Crippen molar-refractivity contribution in [3.63, 3.8) is 0 Å². The quantitative estimate of drug-likeness (QED) is 0.130. The second-order valence-corrected chi connectivity index (χ2v) is 18.2. The molecule has 1 aliphatic heterocycles. The van der Waals surface area contributed by atoms with Crippen LogP contribution in [-0.2, 0) is 42.9 Å². The first-order valence-electron chi connectivity index (χ1n) is 21.1. The number of esters is 4. The van der Waals surface area contributed by atoms with Crippen molar-refractivity contribution >= 4 is 35.6 Å². The summed E-state index contributed by atoms with van der Waals surface area (Å²) in [6.45, 7) is 12.5. The highest BCUT2D eigenvalue weighted by molar-refractivity contribution is 5.96. The number of amides is 1. The van der Waals surface area contributed by atoms with Gasteiger partial charge in [-0.25, -0.2) is 4.79 Å². The van der Waals surface area contributed by atoms with E-state index in [0.717, 1.165) is 0 Å². The van der Waals surface area contributed by atoms with E-state index in [1.54, 1.807) is 120 Å². The third-order valence-corrected chi connectivity index (χ3v) is 14.7. The summed E-state index contributed by atoms with van der Waals surface area (Å²) in [5, 5.41) is 16.9. The van der Waals surface area contributed by atoms with Crippen LogP contribution in [0.15, 0.2) is 102 Å². The summed E-state index contributed by atoms with van der Waals surface area (Å²) in [5.41, 5.74) is -7.05. The topological polar surface area (TPSA) is 181 Å². The summed E-state index contributed by atoms with van der Waals surface area (Å²) in [5.74, 6) is -4.57. The average Bonchev–Trinajstić information content (AvgIpc) is 3.23. The van der Waals surface area contributed by atoms with E-state index < -0.39 is 99.4 Å². The fourth-order valence-electron chi connectivity index (χ4n) is 11.0. The van der Waals surface area contributed by atoms with Crippen molar-refractivity contribution in [1.82, 2.24) is 5.32 Å². The molecule has 0 spiro atoms. The molecule has 2 saturated carbocycles. The van der Waals surface area contributed by atoms with Gasteiger partial charge in [0, 0.05) is 36.7 Å². The molecular weight excluding hydrogens is 795 g/mol. The molecule has 3 aromatic carbocycles. The maximum Gasteiger partial charge on any atom is 0.338 e. The summed E-state index contributed by atoms with van der Waals surface area (Å²) in [6.07, 6.45) is -5.73. The van der Waals surface area contributed by atoms with Gasteiger partial charge in [0.25, 0.3) is 5.91 Å². The molecule has 2 N–H and O–H groups in total. The van der Waals surface area contributed by atoms with Gasteiger partial charge in [-0.15, -0.1) is 0 Å². The van der Waals surface area contributed by atoms with Crippen molar-refractivity contribution < 1.29 is 57.6 Å². The number of ether oxygens (including phenoxy) is 5. The predicted octanol–water partition coefficient (Wildman–Crippen LogP) is 6.43. The minimum absolute atomic E-state index is 0.160. The normalized spacial score (nSPS) is 32.5. The van der Waals surface area contributed by atoms with Crippen LogP contribution in [0.25, 0.3) is 0 Å².